The third kappa shape index (κ3) is 2.76. The van der Waals surface area contributed by atoms with E-state index in [-0.39, 0.29) is 6.54 Å². The fourth-order valence-corrected chi connectivity index (χ4v) is 3.88. The SMILES string of the molecule is CC1=C([C@H](O)c2ccccc2)[C@H](CO)n2c(=O)n(-c3ccccc3)c(=O)n2C1. The van der Waals surface area contributed by atoms with Gasteiger partial charge in [-0.05, 0) is 35.8 Å². The first-order valence-electron chi connectivity index (χ1n) is 9.07. The first-order valence-corrected chi connectivity index (χ1v) is 9.07. The molecule has 4 rings (SSSR count). The average Bonchev–Trinajstić information content (AvgIpc) is 2.97. The van der Waals surface area contributed by atoms with Crippen molar-refractivity contribution in [1.82, 2.24) is 13.9 Å². The molecule has 2 aromatic carbocycles. The Hall–Kier alpha value is -3.16. The molecule has 2 heterocycles. The first kappa shape index (κ1) is 18.2. The molecule has 2 N–H and O–H groups in total. The second-order valence-electron chi connectivity index (χ2n) is 6.89. The molecule has 7 heteroatoms. The highest BCUT2D eigenvalue weighted by atomic mass is 16.3. The minimum Gasteiger partial charge on any atom is -0.394 e. The van der Waals surface area contributed by atoms with Crippen molar-refractivity contribution in [3.8, 4) is 5.69 Å². The number of allylic oxidation sites excluding steroid dienone is 1. The van der Waals surface area contributed by atoms with Gasteiger partial charge in [-0.1, -0.05) is 48.5 Å². The maximum Gasteiger partial charge on any atom is 0.352 e. The Labute approximate surface area is 161 Å². The number of aliphatic hydroxyl groups is 2. The molecule has 0 unspecified atom stereocenters. The summed E-state index contributed by atoms with van der Waals surface area (Å²) < 4.78 is 3.67. The third-order valence-corrected chi connectivity index (χ3v) is 5.19. The summed E-state index contributed by atoms with van der Waals surface area (Å²) in [6, 6.07) is 16.9. The summed E-state index contributed by atoms with van der Waals surface area (Å²) in [7, 11) is 0. The Kier molecular flexibility index (Phi) is 4.62. The van der Waals surface area contributed by atoms with E-state index in [1.54, 1.807) is 42.5 Å². The van der Waals surface area contributed by atoms with E-state index in [1.807, 2.05) is 25.1 Å². The van der Waals surface area contributed by atoms with Crippen LogP contribution in [0.25, 0.3) is 5.69 Å². The first-order chi connectivity index (χ1) is 13.5. The summed E-state index contributed by atoms with van der Waals surface area (Å²) in [5, 5.41) is 21.0. The molecule has 0 radical (unpaired) electrons. The lowest BCUT2D eigenvalue weighted by atomic mass is 9.91. The summed E-state index contributed by atoms with van der Waals surface area (Å²) in [6.45, 7) is 1.57. The van der Waals surface area contributed by atoms with Gasteiger partial charge in [-0.25, -0.2) is 23.5 Å². The zero-order valence-electron chi connectivity index (χ0n) is 15.4. The number of hydrogen-bond donors (Lipinski definition) is 2. The van der Waals surface area contributed by atoms with Crippen LogP contribution in [0.5, 0.6) is 0 Å². The minimum absolute atomic E-state index is 0.170. The molecular formula is C21H21N3O4. The smallest absolute Gasteiger partial charge is 0.352 e. The molecule has 0 bridgehead atoms. The topological polar surface area (TPSA) is 89.4 Å². The lowest BCUT2D eigenvalue weighted by molar-refractivity contribution is 0.153. The minimum atomic E-state index is -0.978. The fraction of sp³-hybridized carbons (Fsp3) is 0.238. The number of rotatable bonds is 4. The van der Waals surface area contributed by atoms with Crippen LogP contribution in [0.1, 0.15) is 24.6 Å². The van der Waals surface area contributed by atoms with Crippen molar-refractivity contribution in [3.63, 3.8) is 0 Å². The Morgan fingerprint density at radius 3 is 2.21 bits per heavy atom. The van der Waals surface area contributed by atoms with Crippen molar-refractivity contribution in [2.24, 2.45) is 0 Å². The standard InChI is InChI=1S/C21H21N3O4/c1-14-12-22-20(27)23(16-10-6-3-7-11-16)21(28)24(22)17(13-25)18(14)19(26)15-8-4-2-5-9-15/h2-11,17,19,25-26H,12-13H2,1H3/t17-,19+/m0/s1. The van der Waals surface area contributed by atoms with E-state index >= 15 is 0 Å². The van der Waals surface area contributed by atoms with Crippen LogP contribution in [0.4, 0.5) is 0 Å². The third-order valence-electron chi connectivity index (χ3n) is 5.19. The number of fused-ring (bicyclic) bond motifs is 1. The van der Waals surface area contributed by atoms with E-state index in [2.05, 4.69) is 0 Å². The highest BCUT2D eigenvalue weighted by Crippen LogP contribution is 2.35. The number of para-hydroxylation sites is 1. The molecule has 0 amide bonds. The molecule has 1 aliphatic heterocycles. The maximum atomic E-state index is 13.1. The highest BCUT2D eigenvalue weighted by molar-refractivity contribution is 5.34. The number of aliphatic hydroxyl groups excluding tert-OH is 2. The summed E-state index contributed by atoms with van der Waals surface area (Å²) in [5.74, 6) is 0. The molecule has 7 nitrogen and oxygen atoms in total. The Morgan fingerprint density at radius 2 is 1.61 bits per heavy atom. The van der Waals surface area contributed by atoms with Crippen LogP contribution in [0.2, 0.25) is 0 Å². The average molecular weight is 379 g/mol. The molecule has 28 heavy (non-hydrogen) atoms. The van der Waals surface area contributed by atoms with Crippen molar-refractivity contribution in [1.29, 1.82) is 0 Å². The van der Waals surface area contributed by atoms with Gasteiger partial charge in [0.05, 0.1) is 18.8 Å². The van der Waals surface area contributed by atoms with E-state index in [1.165, 1.54) is 9.36 Å². The molecule has 2 atom stereocenters. The second kappa shape index (κ2) is 7.10. The summed E-state index contributed by atoms with van der Waals surface area (Å²) >= 11 is 0. The number of aromatic nitrogens is 3. The predicted octanol–water partition coefficient (Wildman–Crippen LogP) is 1.40. The van der Waals surface area contributed by atoms with E-state index in [4.69, 9.17) is 0 Å². The maximum absolute atomic E-state index is 13.1. The van der Waals surface area contributed by atoms with Crippen LogP contribution in [0.15, 0.2) is 81.4 Å². The zero-order chi connectivity index (χ0) is 19.8. The lowest BCUT2D eigenvalue weighted by Gasteiger charge is -2.31. The van der Waals surface area contributed by atoms with Crippen molar-refractivity contribution in [3.05, 3.63) is 98.3 Å². The van der Waals surface area contributed by atoms with Crippen LogP contribution in [0, 0.1) is 0 Å². The van der Waals surface area contributed by atoms with Crippen LogP contribution in [-0.4, -0.2) is 30.8 Å². The Bertz CT molecular complexity index is 1140. The molecule has 3 aromatic rings. The molecule has 0 spiro atoms. The van der Waals surface area contributed by atoms with Gasteiger partial charge in [-0.15, -0.1) is 0 Å². The molecule has 0 saturated carbocycles. The van der Waals surface area contributed by atoms with Gasteiger partial charge in [0, 0.05) is 0 Å². The highest BCUT2D eigenvalue weighted by Gasteiger charge is 2.34. The second-order valence-corrected chi connectivity index (χ2v) is 6.89. The van der Waals surface area contributed by atoms with Crippen molar-refractivity contribution in [2.75, 3.05) is 6.61 Å². The Morgan fingerprint density at radius 1 is 1.00 bits per heavy atom. The number of hydrogen-bond acceptors (Lipinski definition) is 4. The van der Waals surface area contributed by atoms with Gasteiger partial charge in [0.2, 0.25) is 0 Å². The van der Waals surface area contributed by atoms with E-state index < -0.39 is 30.1 Å². The van der Waals surface area contributed by atoms with Gasteiger partial charge in [0.25, 0.3) is 0 Å². The largest absolute Gasteiger partial charge is 0.394 e. The van der Waals surface area contributed by atoms with E-state index in [0.717, 1.165) is 10.1 Å². The quantitative estimate of drug-likeness (QED) is 0.671. The van der Waals surface area contributed by atoms with Gasteiger partial charge >= 0.3 is 11.4 Å². The number of benzene rings is 2. The molecular weight excluding hydrogens is 358 g/mol. The molecule has 1 aromatic heterocycles. The predicted molar refractivity (Wildman–Crippen MR) is 105 cm³/mol. The fourth-order valence-electron chi connectivity index (χ4n) is 3.88. The normalized spacial score (nSPS) is 17.5. The molecule has 1 aliphatic rings. The Balaban J connectivity index is 1.88. The van der Waals surface area contributed by atoms with Crippen LogP contribution >= 0.6 is 0 Å². The lowest BCUT2D eigenvalue weighted by Crippen LogP contribution is -2.39. The monoisotopic (exact) mass is 379 g/mol. The molecule has 0 saturated heterocycles. The van der Waals surface area contributed by atoms with E-state index in [9.17, 15) is 19.8 Å². The van der Waals surface area contributed by atoms with Crippen LogP contribution in [0.3, 0.4) is 0 Å². The van der Waals surface area contributed by atoms with Gasteiger partial charge in [0.15, 0.2) is 0 Å². The molecule has 144 valence electrons. The van der Waals surface area contributed by atoms with Crippen LogP contribution < -0.4 is 11.4 Å². The molecule has 0 aliphatic carbocycles. The van der Waals surface area contributed by atoms with E-state index in [0.29, 0.717) is 16.8 Å². The van der Waals surface area contributed by atoms with Gasteiger partial charge in [-0.2, -0.15) is 0 Å². The summed E-state index contributed by atoms with van der Waals surface area (Å²) in [6.07, 6.45) is -0.978. The zero-order valence-corrected chi connectivity index (χ0v) is 15.4. The summed E-state index contributed by atoms with van der Waals surface area (Å²) in [4.78, 5) is 26.0. The summed E-state index contributed by atoms with van der Waals surface area (Å²) in [5.41, 5.74) is 1.42. The van der Waals surface area contributed by atoms with Crippen molar-refractivity contribution < 1.29 is 10.2 Å². The van der Waals surface area contributed by atoms with Crippen LogP contribution in [-0.2, 0) is 6.54 Å². The van der Waals surface area contributed by atoms with Crippen molar-refractivity contribution in [2.45, 2.75) is 25.6 Å². The van der Waals surface area contributed by atoms with Gasteiger partial charge in [-0.3, -0.25) is 0 Å². The van der Waals surface area contributed by atoms with Gasteiger partial charge < -0.3 is 10.2 Å². The van der Waals surface area contributed by atoms with Crippen molar-refractivity contribution >= 4 is 0 Å². The number of nitrogens with zero attached hydrogens (tertiary/aromatic N) is 3. The molecule has 0 fully saturated rings. The van der Waals surface area contributed by atoms with Gasteiger partial charge in [0.1, 0.15) is 12.1 Å².